The van der Waals surface area contributed by atoms with Gasteiger partial charge in [-0.2, -0.15) is 0 Å². The lowest BCUT2D eigenvalue weighted by Gasteiger charge is -2.42. The number of piperazine rings is 1. The van der Waals surface area contributed by atoms with Gasteiger partial charge in [-0.05, 0) is 37.3 Å². The molecule has 8 heteroatoms. The van der Waals surface area contributed by atoms with E-state index in [1.54, 1.807) is 9.80 Å². The molecule has 2 saturated heterocycles. The number of carbonyl (C=O) groups is 3. The Morgan fingerprint density at radius 1 is 1.27 bits per heavy atom. The molecule has 2 amide bonds. The van der Waals surface area contributed by atoms with E-state index in [4.69, 9.17) is 4.74 Å². The van der Waals surface area contributed by atoms with Crippen molar-refractivity contribution in [2.75, 3.05) is 32.8 Å². The van der Waals surface area contributed by atoms with Crippen LogP contribution in [0, 0.1) is 12.8 Å². The predicted molar refractivity (Wildman–Crippen MR) is 115 cm³/mol. The molecule has 0 aliphatic carbocycles. The number of aliphatic hydroxyl groups is 1. The number of benzene rings is 1. The highest BCUT2D eigenvalue weighted by Crippen LogP contribution is 2.25. The highest BCUT2D eigenvalue weighted by Gasteiger charge is 2.36. The first-order valence-electron chi connectivity index (χ1n) is 10.5. The molecule has 0 spiro atoms. The second-order valence-corrected chi connectivity index (χ2v) is 8.80. The van der Waals surface area contributed by atoms with Gasteiger partial charge in [-0.15, -0.1) is 0 Å². The highest BCUT2D eigenvalue weighted by atomic mass is 79.9. The van der Waals surface area contributed by atoms with Crippen LogP contribution in [0.4, 0.5) is 0 Å². The van der Waals surface area contributed by atoms with Gasteiger partial charge < -0.3 is 19.6 Å². The minimum absolute atomic E-state index is 0.000257. The number of halogens is 1. The molecule has 2 aliphatic rings. The molecule has 1 aromatic rings. The van der Waals surface area contributed by atoms with Gasteiger partial charge >= 0.3 is 5.97 Å². The summed E-state index contributed by atoms with van der Waals surface area (Å²) in [6.07, 6.45) is 1.99. The van der Waals surface area contributed by atoms with Gasteiger partial charge in [0.2, 0.25) is 11.8 Å². The molecule has 2 fully saturated rings. The molecule has 3 rings (SSSR count). The SMILES string of the molecule is Cc1cccc(CC(=O)N2CCN(C(=O)C3CCOC(=O)CC3)C(CCO)C2)c1Br. The number of esters is 1. The standard InChI is InChI=1S/C22H29BrN2O5/c1-15-3-2-4-17(21(15)23)13-19(27)24-9-10-25(18(14-24)7-11-26)22(29)16-5-6-20(28)30-12-8-16/h2-4,16,18,26H,5-14H2,1H3. The first-order chi connectivity index (χ1) is 14.4. The predicted octanol–water partition coefficient (Wildman–Crippen LogP) is 2.07. The van der Waals surface area contributed by atoms with E-state index in [2.05, 4.69) is 15.9 Å². The molecular formula is C22H29BrN2O5. The molecule has 0 saturated carbocycles. The first-order valence-corrected chi connectivity index (χ1v) is 11.3. The zero-order valence-corrected chi connectivity index (χ0v) is 18.9. The van der Waals surface area contributed by atoms with E-state index in [-0.39, 0.29) is 49.4 Å². The van der Waals surface area contributed by atoms with Crippen molar-refractivity contribution in [1.82, 2.24) is 9.80 Å². The third-order valence-corrected chi connectivity index (χ3v) is 7.10. The van der Waals surface area contributed by atoms with Crippen molar-refractivity contribution in [2.45, 2.75) is 45.1 Å². The van der Waals surface area contributed by atoms with Gasteiger partial charge in [0.1, 0.15) is 0 Å². The van der Waals surface area contributed by atoms with Crippen molar-refractivity contribution in [1.29, 1.82) is 0 Å². The quantitative estimate of drug-likeness (QED) is 0.651. The maximum absolute atomic E-state index is 13.1. The minimum Gasteiger partial charge on any atom is -0.466 e. The lowest BCUT2D eigenvalue weighted by atomic mass is 9.96. The lowest BCUT2D eigenvalue weighted by molar-refractivity contribution is -0.146. The molecule has 2 aliphatic heterocycles. The fraction of sp³-hybridized carbons (Fsp3) is 0.591. The Hall–Kier alpha value is -1.93. The first kappa shape index (κ1) is 22.7. The second kappa shape index (κ2) is 10.4. The second-order valence-electron chi connectivity index (χ2n) is 8.01. The van der Waals surface area contributed by atoms with Crippen molar-refractivity contribution >= 4 is 33.7 Å². The zero-order valence-electron chi connectivity index (χ0n) is 17.3. The number of aliphatic hydroxyl groups excluding tert-OH is 1. The largest absolute Gasteiger partial charge is 0.466 e. The molecule has 1 aromatic carbocycles. The minimum atomic E-state index is -0.255. The van der Waals surface area contributed by atoms with Crippen LogP contribution >= 0.6 is 15.9 Å². The average Bonchev–Trinajstić information content (AvgIpc) is 2.95. The molecule has 2 heterocycles. The van der Waals surface area contributed by atoms with Crippen LogP contribution in [0.3, 0.4) is 0 Å². The molecule has 0 bridgehead atoms. The van der Waals surface area contributed by atoms with Crippen LogP contribution in [0.5, 0.6) is 0 Å². The van der Waals surface area contributed by atoms with Crippen LogP contribution in [0.15, 0.2) is 22.7 Å². The van der Waals surface area contributed by atoms with E-state index in [0.29, 0.717) is 45.3 Å². The smallest absolute Gasteiger partial charge is 0.305 e. The number of nitrogens with zero attached hydrogens (tertiary/aromatic N) is 2. The van der Waals surface area contributed by atoms with Crippen molar-refractivity contribution in [3.63, 3.8) is 0 Å². The van der Waals surface area contributed by atoms with Gasteiger partial charge in [-0.3, -0.25) is 14.4 Å². The summed E-state index contributed by atoms with van der Waals surface area (Å²) in [6, 6.07) is 5.65. The van der Waals surface area contributed by atoms with Crippen LogP contribution in [0.25, 0.3) is 0 Å². The highest BCUT2D eigenvalue weighted by molar-refractivity contribution is 9.10. The number of hydrogen-bond acceptors (Lipinski definition) is 5. The Morgan fingerprint density at radius 2 is 2.07 bits per heavy atom. The van der Waals surface area contributed by atoms with E-state index in [0.717, 1.165) is 15.6 Å². The Morgan fingerprint density at radius 3 is 2.83 bits per heavy atom. The Labute approximate surface area is 185 Å². The van der Waals surface area contributed by atoms with Gasteiger partial charge in [0.25, 0.3) is 0 Å². The van der Waals surface area contributed by atoms with E-state index in [9.17, 15) is 19.5 Å². The van der Waals surface area contributed by atoms with Gasteiger partial charge in [-0.1, -0.05) is 34.1 Å². The summed E-state index contributed by atoms with van der Waals surface area (Å²) in [5.74, 6) is -0.483. The van der Waals surface area contributed by atoms with Crippen molar-refractivity contribution in [3.05, 3.63) is 33.8 Å². The summed E-state index contributed by atoms with van der Waals surface area (Å²) in [6.45, 7) is 3.53. The van der Waals surface area contributed by atoms with Crippen LogP contribution in [0.1, 0.15) is 36.8 Å². The van der Waals surface area contributed by atoms with E-state index in [1.165, 1.54) is 0 Å². The number of rotatable bonds is 5. The number of amides is 2. The number of ether oxygens (including phenoxy) is 1. The molecule has 2 atom stereocenters. The summed E-state index contributed by atoms with van der Waals surface area (Å²) in [5.41, 5.74) is 2.03. The average molecular weight is 481 g/mol. The van der Waals surface area contributed by atoms with Crippen LogP contribution in [-0.4, -0.2) is 71.6 Å². The zero-order chi connectivity index (χ0) is 21.7. The molecule has 164 valence electrons. The van der Waals surface area contributed by atoms with Gasteiger partial charge in [-0.25, -0.2) is 0 Å². The Kier molecular flexibility index (Phi) is 7.88. The summed E-state index contributed by atoms with van der Waals surface area (Å²) in [7, 11) is 0. The number of hydrogen-bond donors (Lipinski definition) is 1. The Balaban J connectivity index is 1.65. The Bertz CT molecular complexity index is 800. The third kappa shape index (κ3) is 5.40. The monoisotopic (exact) mass is 480 g/mol. The van der Waals surface area contributed by atoms with Crippen molar-refractivity contribution in [3.8, 4) is 0 Å². The van der Waals surface area contributed by atoms with Crippen LogP contribution in [-0.2, 0) is 25.5 Å². The van der Waals surface area contributed by atoms with E-state index in [1.807, 2.05) is 25.1 Å². The maximum Gasteiger partial charge on any atom is 0.305 e. The summed E-state index contributed by atoms with van der Waals surface area (Å²) < 4.78 is 6.01. The summed E-state index contributed by atoms with van der Waals surface area (Å²) in [5, 5.41) is 9.52. The number of cyclic esters (lactones) is 1. The molecule has 1 N–H and O–H groups in total. The van der Waals surface area contributed by atoms with Crippen LogP contribution in [0.2, 0.25) is 0 Å². The fourth-order valence-corrected chi connectivity index (χ4v) is 4.60. The van der Waals surface area contributed by atoms with Crippen molar-refractivity contribution < 1.29 is 24.2 Å². The molecule has 7 nitrogen and oxygen atoms in total. The molecule has 0 aromatic heterocycles. The van der Waals surface area contributed by atoms with Gasteiger partial charge in [0.15, 0.2) is 0 Å². The van der Waals surface area contributed by atoms with Gasteiger partial charge in [0.05, 0.1) is 19.1 Å². The molecule has 2 unspecified atom stereocenters. The van der Waals surface area contributed by atoms with Crippen LogP contribution < -0.4 is 0 Å². The maximum atomic E-state index is 13.1. The molecule has 0 radical (unpaired) electrons. The van der Waals surface area contributed by atoms with Gasteiger partial charge in [0, 0.05) is 43.1 Å². The lowest BCUT2D eigenvalue weighted by Crippen LogP contribution is -2.58. The third-order valence-electron chi connectivity index (χ3n) is 5.97. The van der Waals surface area contributed by atoms with Crippen molar-refractivity contribution in [2.24, 2.45) is 5.92 Å². The van der Waals surface area contributed by atoms with E-state index < -0.39 is 0 Å². The topological polar surface area (TPSA) is 87.2 Å². The number of carbonyl (C=O) groups excluding carboxylic acids is 3. The fourth-order valence-electron chi connectivity index (χ4n) is 4.19. The summed E-state index contributed by atoms with van der Waals surface area (Å²) >= 11 is 3.56. The number of aryl methyl sites for hydroxylation is 1. The molecular weight excluding hydrogens is 452 g/mol. The summed E-state index contributed by atoms with van der Waals surface area (Å²) in [4.78, 5) is 41.1. The molecule has 30 heavy (non-hydrogen) atoms. The van der Waals surface area contributed by atoms with E-state index >= 15 is 0 Å². The normalized spacial score (nSPS) is 22.4.